The Morgan fingerprint density at radius 3 is 2.69 bits per heavy atom. The number of amides is 1. The molecule has 1 atom stereocenters. The minimum absolute atomic E-state index is 0.00405. The van der Waals surface area contributed by atoms with Crippen molar-refractivity contribution in [2.75, 3.05) is 31.6 Å². The van der Waals surface area contributed by atoms with Crippen LogP contribution in [0.15, 0.2) is 24.3 Å². The van der Waals surface area contributed by atoms with Crippen LogP contribution >= 0.6 is 0 Å². The maximum atomic E-state index is 12.7. The van der Waals surface area contributed by atoms with Crippen molar-refractivity contribution in [1.82, 2.24) is 15.2 Å². The number of benzene rings is 1. The molecule has 1 aromatic carbocycles. The third-order valence-corrected chi connectivity index (χ3v) is 6.36. The van der Waals surface area contributed by atoms with E-state index in [1.165, 1.54) is 0 Å². The molecule has 2 aromatic rings. The van der Waals surface area contributed by atoms with Gasteiger partial charge in [0.1, 0.15) is 0 Å². The third kappa shape index (κ3) is 4.13. The van der Waals surface area contributed by atoms with Gasteiger partial charge in [0, 0.05) is 28.2 Å². The van der Waals surface area contributed by atoms with Gasteiger partial charge in [0.2, 0.25) is 5.91 Å². The Morgan fingerprint density at radius 1 is 1.27 bits per heavy atom. The summed E-state index contributed by atoms with van der Waals surface area (Å²) in [5, 5.41) is 3.62. The molecule has 0 radical (unpaired) electrons. The fourth-order valence-electron chi connectivity index (χ4n) is 3.44. The van der Waals surface area contributed by atoms with Gasteiger partial charge in [-0.2, -0.15) is 0 Å². The van der Waals surface area contributed by atoms with Gasteiger partial charge < -0.3 is 10.3 Å². The second-order valence-corrected chi connectivity index (χ2v) is 9.16. The fraction of sp³-hybridized carbons (Fsp3) is 0.444. The third-order valence-electron chi connectivity index (χ3n) is 4.60. The summed E-state index contributed by atoms with van der Waals surface area (Å²) >= 11 is 0. The van der Waals surface area contributed by atoms with Crippen LogP contribution in [0.4, 0.5) is 0 Å². The molecule has 1 aliphatic heterocycles. The molecule has 26 heavy (non-hydrogen) atoms. The lowest BCUT2D eigenvalue weighted by Gasteiger charge is -2.17. The number of H-pyrrole nitrogens is 1. The van der Waals surface area contributed by atoms with E-state index in [0.717, 1.165) is 16.6 Å². The number of hydrogen-bond donors (Lipinski definition) is 2. The SMILES string of the molecule is Cc1[nH]c2ccccc2c1C(=O)CN(C)CC(=O)NC1CCS(=O)(=O)C1. The van der Waals surface area contributed by atoms with Crippen LogP contribution in [0.3, 0.4) is 0 Å². The van der Waals surface area contributed by atoms with Crippen LogP contribution in [0.1, 0.15) is 22.5 Å². The molecule has 1 amide bonds. The average molecular weight is 377 g/mol. The lowest BCUT2D eigenvalue weighted by atomic mass is 10.1. The van der Waals surface area contributed by atoms with Gasteiger partial charge in [-0.3, -0.25) is 14.5 Å². The van der Waals surface area contributed by atoms with E-state index in [1.807, 2.05) is 31.2 Å². The Balaban J connectivity index is 1.59. The Kier molecular flexibility index (Phi) is 5.15. The monoisotopic (exact) mass is 377 g/mol. The van der Waals surface area contributed by atoms with Crippen molar-refractivity contribution in [3.05, 3.63) is 35.5 Å². The average Bonchev–Trinajstić information content (AvgIpc) is 3.04. The molecule has 2 heterocycles. The second kappa shape index (κ2) is 7.20. The number of aromatic amines is 1. The molecule has 1 aromatic heterocycles. The van der Waals surface area contributed by atoms with Gasteiger partial charge in [-0.15, -0.1) is 0 Å². The number of aromatic nitrogens is 1. The van der Waals surface area contributed by atoms with Gasteiger partial charge in [0.25, 0.3) is 0 Å². The van der Waals surface area contributed by atoms with E-state index < -0.39 is 9.84 Å². The summed E-state index contributed by atoms with van der Waals surface area (Å²) in [5.74, 6) is -0.209. The van der Waals surface area contributed by atoms with Crippen molar-refractivity contribution in [1.29, 1.82) is 0 Å². The number of likely N-dealkylation sites (N-methyl/N-ethyl adjacent to an activating group) is 1. The van der Waals surface area contributed by atoms with Crippen LogP contribution in [-0.2, 0) is 14.6 Å². The first kappa shape index (κ1) is 18.6. The minimum atomic E-state index is -3.03. The molecule has 3 rings (SSSR count). The van der Waals surface area contributed by atoms with Crippen LogP contribution in [-0.4, -0.2) is 67.7 Å². The highest BCUT2D eigenvalue weighted by atomic mass is 32.2. The summed E-state index contributed by atoms with van der Waals surface area (Å²) in [6.07, 6.45) is 0.450. The summed E-state index contributed by atoms with van der Waals surface area (Å²) in [4.78, 5) is 29.6. The van der Waals surface area contributed by atoms with Gasteiger partial charge in [-0.05, 0) is 26.5 Å². The topological polar surface area (TPSA) is 99.3 Å². The van der Waals surface area contributed by atoms with Crippen LogP contribution in [0.5, 0.6) is 0 Å². The molecule has 1 saturated heterocycles. The molecule has 2 N–H and O–H groups in total. The summed E-state index contributed by atoms with van der Waals surface area (Å²) in [7, 11) is -1.33. The Hall–Kier alpha value is -2.19. The van der Waals surface area contributed by atoms with Crippen molar-refractivity contribution in [2.45, 2.75) is 19.4 Å². The zero-order chi connectivity index (χ0) is 18.9. The molecular weight excluding hydrogens is 354 g/mol. The van der Waals surface area contributed by atoms with Crippen molar-refractivity contribution in [3.63, 3.8) is 0 Å². The van der Waals surface area contributed by atoms with E-state index in [4.69, 9.17) is 0 Å². The summed E-state index contributed by atoms with van der Waals surface area (Å²) in [6.45, 7) is 2.02. The minimum Gasteiger partial charge on any atom is -0.358 e. The number of ketones is 1. The molecule has 0 saturated carbocycles. The maximum absolute atomic E-state index is 12.7. The molecule has 0 bridgehead atoms. The highest BCUT2D eigenvalue weighted by Gasteiger charge is 2.29. The van der Waals surface area contributed by atoms with E-state index >= 15 is 0 Å². The summed E-state index contributed by atoms with van der Waals surface area (Å²) in [5.41, 5.74) is 2.37. The first-order valence-electron chi connectivity index (χ1n) is 8.54. The van der Waals surface area contributed by atoms with E-state index in [9.17, 15) is 18.0 Å². The summed E-state index contributed by atoms with van der Waals surface area (Å²) in [6, 6.07) is 7.30. The van der Waals surface area contributed by atoms with Crippen LogP contribution in [0, 0.1) is 6.92 Å². The standard InChI is InChI=1S/C18H23N3O4S/c1-12-18(14-5-3-4-6-15(14)19-12)16(22)9-21(2)10-17(23)20-13-7-8-26(24,25)11-13/h3-6,13,19H,7-11H2,1-2H3,(H,20,23). The van der Waals surface area contributed by atoms with E-state index in [1.54, 1.807) is 11.9 Å². The van der Waals surface area contributed by atoms with Gasteiger partial charge in [-0.1, -0.05) is 18.2 Å². The van der Waals surface area contributed by atoms with Gasteiger partial charge >= 0.3 is 0 Å². The highest BCUT2D eigenvalue weighted by molar-refractivity contribution is 7.91. The molecule has 7 nitrogen and oxygen atoms in total. The predicted molar refractivity (Wildman–Crippen MR) is 100 cm³/mol. The summed E-state index contributed by atoms with van der Waals surface area (Å²) < 4.78 is 22.9. The van der Waals surface area contributed by atoms with Crippen LogP contribution in [0.25, 0.3) is 10.9 Å². The van der Waals surface area contributed by atoms with E-state index in [0.29, 0.717) is 12.0 Å². The molecule has 0 aliphatic carbocycles. The lowest BCUT2D eigenvalue weighted by molar-refractivity contribution is -0.122. The van der Waals surface area contributed by atoms with Gasteiger partial charge in [-0.25, -0.2) is 8.42 Å². The van der Waals surface area contributed by atoms with Crippen molar-refractivity contribution in [2.24, 2.45) is 0 Å². The van der Waals surface area contributed by atoms with Crippen LogP contribution < -0.4 is 5.32 Å². The number of nitrogens with zero attached hydrogens (tertiary/aromatic N) is 1. The molecule has 8 heteroatoms. The lowest BCUT2D eigenvalue weighted by Crippen LogP contribution is -2.42. The van der Waals surface area contributed by atoms with Crippen LogP contribution in [0.2, 0.25) is 0 Å². The smallest absolute Gasteiger partial charge is 0.234 e. The zero-order valence-corrected chi connectivity index (χ0v) is 15.7. The molecule has 1 fully saturated rings. The van der Waals surface area contributed by atoms with Gasteiger partial charge in [0.05, 0.1) is 24.6 Å². The molecule has 1 unspecified atom stereocenters. The first-order valence-corrected chi connectivity index (χ1v) is 10.4. The van der Waals surface area contributed by atoms with Crippen molar-refractivity contribution >= 4 is 32.4 Å². The predicted octanol–water partition coefficient (Wildman–Crippen LogP) is 0.894. The molecule has 0 spiro atoms. The normalized spacial score (nSPS) is 19.1. The number of para-hydroxylation sites is 1. The number of sulfone groups is 1. The first-order chi connectivity index (χ1) is 12.2. The second-order valence-electron chi connectivity index (χ2n) is 6.93. The van der Waals surface area contributed by atoms with E-state index in [2.05, 4.69) is 10.3 Å². The highest BCUT2D eigenvalue weighted by Crippen LogP contribution is 2.22. The Bertz CT molecular complexity index is 948. The zero-order valence-electron chi connectivity index (χ0n) is 14.9. The quantitative estimate of drug-likeness (QED) is 0.729. The fourth-order valence-corrected chi connectivity index (χ4v) is 5.12. The number of aryl methyl sites for hydroxylation is 1. The molecular formula is C18H23N3O4S. The number of fused-ring (bicyclic) bond motifs is 1. The van der Waals surface area contributed by atoms with Crippen molar-refractivity contribution in [3.8, 4) is 0 Å². The Morgan fingerprint density at radius 2 is 2.00 bits per heavy atom. The number of hydrogen-bond acceptors (Lipinski definition) is 5. The molecule has 1 aliphatic rings. The molecule has 140 valence electrons. The van der Waals surface area contributed by atoms with Crippen molar-refractivity contribution < 1.29 is 18.0 Å². The maximum Gasteiger partial charge on any atom is 0.234 e. The number of nitrogens with one attached hydrogen (secondary N) is 2. The number of rotatable bonds is 6. The Labute approximate surface area is 152 Å². The largest absolute Gasteiger partial charge is 0.358 e. The van der Waals surface area contributed by atoms with E-state index in [-0.39, 0.29) is 42.3 Å². The van der Waals surface area contributed by atoms with Gasteiger partial charge in [0.15, 0.2) is 15.6 Å². The number of carbonyl (C=O) groups excluding carboxylic acids is 2. The number of carbonyl (C=O) groups is 2. The number of Topliss-reactive ketones (excluding diaryl/α,β-unsaturated/α-hetero) is 1.